The van der Waals surface area contributed by atoms with Crippen LogP contribution < -0.4 is 21.1 Å². The SMILES string of the molecule is CNc1cc(OC(F)(F)F)ccc1C(=O)N1CCC(Nc2cc(C3CCC(F)(F)CC3)cnc2N)CC1. The Morgan fingerprint density at radius 2 is 1.78 bits per heavy atom. The maximum Gasteiger partial charge on any atom is 0.573 e. The Labute approximate surface area is 211 Å². The van der Waals surface area contributed by atoms with Crippen LogP contribution >= 0.6 is 0 Å². The topological polar surface area (TPSA) is 92.5 Å². The Bertz CT molecular complexity index is 1110. The third-order valence-corrected chi connectivity index (χ3v) is 6.99. The van der Waals surface area contributed by atoms with Crippen molar-refractivity contribution in [1.82, 2.24) is 9.88 Å². The van der Waals surface area contributed by atoms with E-state index in [-0.39, 0.29) is 42.0 Å². The van der Waals surface area contributed by atoms with E-state index >= 15 is 0 Å². The molecular weight excluding hydrogens is 497 g/mol. The zero-order valence-electron chi connectivity index (χ0n) is 20.4. The van der Waals surface area contributed by atoms with Gasteiger partial charge in [0.05, 0.1) is 16.9 Å². The number of alkyl halides is 5. The number of carbonyl (C=O) groups excluding carboxylic acids is 1. The maximum absolute atomic E-state index is 13.5. The van der Waals surface area contributed by atoms with Gasteiger partial charge < -0.3 is 26.0 Å². The van der Waals surface area contributed by atoms with Gasteiger partial charge in [-0.05, 0) is 55.4 Å². The number of aromatic nitrogens is 1. The molecule has 0 radical (unpaired) electrons. The van der Waals surface area contributed by atoms with E-state index in [4.69, 9.17) is 5.73 Å². The van der Waals surface area contributed by atoms with E-state index < -0.39 is 18.0 Å². The summed E-state index contributed by atoms with van der Waals surface area (Å²) in [4.78, 5) is 19.0. The standard InChI is InChI=1S/C25H30F5N5O2/c1-32-20-13-18(37-25(28,29)30)2-3-19(20)23(36)35-10-6-17(7-11-35)34-21-12-16(14-33-22(21)31)15-4-8-24(26,27)9-5-15/h2-3,12-15,17,32,34H,4-11H2,1H3,(H2,31,33). The molecule has 1 aliphatic carbocycles. The fraction of sp³-hybridized carbons (Fsp3) is 0.520. The normalized spacial score (nSPS) is 18.9. The highest BCUT2D eigenvalue weighted by molar-refractivity contribution is 6.00. The molecule has 202 valence electrons. The van der Waals surface area contributed by atoms with Crippen LogP contribution in [-0.4, -0.2) is 54.3 Å². The summed E-state index contributed by atoms with van der Waals surface area (Å²) in [5.41, 5.74) is 8.10. The van der Waals surface area contributed by atoms with E-state index in [9.17, 15) is 26.7 Å². The molecule has 1 amide bonds. The van der Waals surface area contributed by atoms with Crippen LogP contribution in [0.5, 0.6) is 5.75 Å². The summed E-state index contributed by atoms with van der Waals surface area (Å²) in [6, 6.07) is 5.48. The van der Waals surface area contributed by atoms with Gasteiger partial charge in [-0.1, -0.05) is 0 Å². The Kier molecular flexibility index (Phi) is 7.65. The van der Waals surface area contributed by atoms with Crippen molar-refractivity contribution < 1.29 is 31.5 Å². The quantitative estimate of drug-likeness (QED) is 0.423. The predicted octanol–water partition coefficient (Wildman–Crippen LogP) is 5.61. The van der Waals surface area contributed by atoms with Crippen molar-refractivity contribution in [2.24, 2.45) is 0 Å². The maximum atomic E-state index is 13.5. The lowest BCUT2D eigenvalue weighted by atomic mass is 9.83. The number of anilines is 3. The molecule has 2 aromatic rings. The zero-order chi connectivity index (χ0) is 26.8. The van der Waals surface area contributed by atoms with Crippen LogP contribution in [0, 0.1) is 0 Å². The van der Waals surface area contributed by atoms with E-state index in [1.54, 1.807) is 11.1 Å². The number of nitrogens with two attached hydrogens (primary N) is 1. The summed E-state index contributed by atoms with van der Waals surface area (Å²) in [7, 11) is 1.52. The van der Waals surface area contributed by atoms with E-state index in [1.165, 1.54) is 13.1 Å². The first-order valence-corrected chi connectivity index (χ1v) is 12.2. The Hall–Kier alpha value is -3.31. The molecule has 0 unspecified atom stereocenters. The van der Waals surface area contributed by atoms with Gasteiger partial charge in [0.1, 0.15) is 11.6 Å². The van der Waals surface area contributed by atoms with Crippen molar-refractivity contribution in [3.8, 4) is 5.75 Å². The molecule has 1 aromatic heterocycles. The molecule has 1 saturated heterocycles. The fourth-order valence-corrected chi connectivity index (χ4v) is 4.93. The lowest BCUT2D eigenvalue weighted by Crippen LogP contribution is -2.42. The predicted molar refractivity (Wildman–Crippen MR) is 130 cm³/mol. The first-order valence-electron chi connectivity index (χ1n) is 12.2. The second-order valence-electron chi connectivity index (χ2n) is 9.55. The van der Waals surface area contributed by atoms with E-state index in [0.29, 0.717) is 50.3 Å². The van der Waals surface area contributed by atoms with Crippen molar-refractivity contribution in [3.05, 3.63) is 41.6 Å². The number of hydrogen-bond donors (Lipinski definition) is 3. The average molecular weight is 528 g/mol. The summed E-state index contributed by atoms with van der Waals surface area (Å²) in [5, 5.41) is 6.14. The highest BCUT2D eigenvalue weighted by Crippen LogP contribution is 2.41. The van der Waals surface area contributed by atoms with Crippen LogP contribution in [0.4, 0.5) is 39.1 Å². The minimum Gasteiger partial charge on any atom is -0.406 e. The number of piperidine rings is 1. The number of carbonyl (C=O) groups is 1. The highest BCUT2D eigenvalue weighted by atomic mass is 19.4. The number of hydrogen-bond acceptors (Lipinski definition) is 6. The second-order valence-corrected chi connectivity index (χ2v) is 9.55. The molecule has 0 bridgehead atoms. The van der Waals surface area contributed by atoms with Crippen LogP contribution in [0.1, 0.15) is 60.4 Å². The lowest BCUT2D eigenvalue weighted by molar-refractivity contribution is -0.274. The first-order chi connectivity index (χ1) is 17.4. The Morgan fingerprint density at radius 1 is 1.11 bits per heavy atom. The van der Waals surface area contributed by atoms with Crippen molar-refractivity contribution >= 4 is 23.1 Å². The van der Waals surface area contributed by atoms with Gasteiger partial charge in [-0.3, -0.25) is 4.79 Å². The van der Waals surface area contributed by atoms with Gasteiger partial charge in [0.25, 0.3) is 5.91 Å². The van der Waals surface area contributed by atoms with Gasteiger partial charge in [0.2, 0.25) is 5.92 Å². The van der Waals surface area contributed by atoms with Gasteiger partial charge in [-0.2, -0.15) is 0 Å². The largest absolute Gasteiger partial charge is 0.573 e. The average Bonchev–Trinajstić information content (AvgIpc) is 2.84. The molecule has 4 rings (SSSR count). The third-order valence-electron chi connectivity index (χ3n) is 6.99. The summed E-state index contributed by atoms with van der Waals surface area (Å²) in [5.74, 6) is -2.97. The first kappa shape index (κ1) is 26.7. The summed E-state index contributed by atoms with van der Waals surface area (Å²) < 4.78 is 68.6. The molecule has 37 heavy (non-hydrogen) atoms. The molecule has 0 spiro atoms. The van der Waals surface area contributed by atoms with Gasteiger partial charge in [-0.15, -0.1) is 13.2 Å². The van der Waals surface area contributed by atoms with Crippen molar-refractivity contribution in [3.63, 3.8) is 0 Å². The van der Waals surface area contributed by atoms with Gasteiger partial charge in [0.15, 0.2) is 0 Å². The monoisotopic (exact) mass is 527 g/mol. The molecule has 4 N–H and O–H groups in total. The number of amides is 1. The molecule has 1 aliphatic heterocycles. The number of pyridine rings is 1. The molecule has 0 atom stereocenters. The second kappa shape index (κ2) is 10.6. The molecule has 2 heterocycles. The Morgan fingerprint density at radius 3 is 2.41 bits per heavy atom. The zero-order valence-corrected chi connectivity index (χ0v) is 20.4. The van der Waals surface area contributed by atoms with Crippen molar-refractivity contribution in [2.45, 2.75) is 62.8 Å². The molecule has 12 heteroatoms. The fourth-order valence-electron chi connectivity index (χ4n) is 4.93. The number of likely N-dealkylation sites (tertiary alicyclic amines) is 1. The summed E-state index contributed by atoms with van der Waals surface area (Å²) in [6.07, 6.45) is -1.40. The number of nitrogen functional groups attached to an aromatic ring is 1. The third kappa shape index (κ3) is 6.72. The number of halogens is 5. The molecule has 1 aromatic carbocycles. The number of nitrogens with one attached hydrogen (secondary N) is 2. The molecule has 2 aliphatic rings. The number of benzene rings is 1. The highest BCUT2D eigenvalue weighted by Gasteiger charge is 2.36. The minimum absolute atomic E-state index is 0.0158. The number of nitrogens with zero attached hydrogens (tertiary/aromatic N) is 2. The van der Waals surface area contributed by atoms with E-state index in [2.05, 4.69) is 20.4 Å². The smallest absolute Gasteiger partial charge is 0.406 e. The van der Waals surface area contributed by atoms with Crippen LogP contribution in [0.3, 0.4) is 0 Å². The molecular formula is C25H30F5N5O2. The van der Waals surface area contributed by atoms with Crippen LogP contribution in [0.2, 0.25) is 0 Å². The van der Waals surface area contributed by atoms with Crippen LogP contribution in [0.25, 0.3) is 0 Å². The van der Waals surface area contributed by atoms with Gasteiger partial charge in [0, 0.05) is 51.3 Å². The number of ether oxygens (including phenoxy) is 1. The minimum atomic E-state index is -4.82. The lowest BCUT2D eigenvalue weighted by Gasteiger charge is -2.34. The molecule has 1 saturated carbocycles. The van der Waals surface area contributed by atoms with Crippen LogP contribution in [-0.2, 0) is 0 Å². The summed E-state index contributed by atoms with van der Waals surface area (Å²) >= 11 is 0. The molecule has 7 nitrogen and oxygen atoms in total. The molecule has 2 fully saturated rings. The van der Waals surface area contributed by atoms with Crippen molar-refractivity contribution in [2.75, 3.05) is 36.5 Å². The van der Waals surface area contributed by atoms with E-state index in [0.717, 1.165) is 17.7 Å². The Balaban J connectivity index is 1.36. The van der Waals surface area contributed by atoms with E-state index in [1.807, 2.05) is 6.07 Å². The summed E-state index contributed by atoms with van der Waals surface area (Å²) in [6.45, 7) is 0.871. The van der Waals surface area contributed by atoms with Gasteiger partial charge >= 0.3 is 6.36 Å². The number of rotatable bonds is 6. The van der Waals surface area contributed by atoms with Crippen molar-refractivity contribution in [1.29, 1.82) is 0 Å². The van der Waals surface area contributed by atoms with Gasteiger partial charge in [-0.25, -0.2) is 13.8 Å². The van der Waals surface area contributed by atoms with Crippen LogP contribution in [0.15, 0.2) is 30.5 Å².